The molecule has 2 aromatic heterocycles. The fraction of sp³-hybridized carbons (Fsp3) is 0.278. The molecule has 0 aliphatic rings. The summed E-state index contributed by atoms with van der Waals surface area (Å²) >= 11 is 1.48. The number of hydrogen-bond acceptors (Lipinski definition) is 5. The van der Waals surface area contributed by atoms with Crippen molar-refractivity contribution in [3.05, 3.63) is 42.2 Å². The van der Waals surface area contributed by atoms with E-state index in [4.69, 9.17) is 9.52 Å². The van der Waals surface area contributed by atoms with Gasteiger partial charge in [0.1, 0.15) is 6.54 Å². The van der Waals surface area contributed by atoms with E-state index < -0.39 is 11.9 Å². The van der Waals surface area contributed by atoms with Crippen LogP contribution < -0.4 is 0 Å². The van der Waals surface area contributed by atoms with Gasteiger partial charge in [-0.15, -0.1) is 11.3 Å². The van der Waals surface area contributed by atoms with Gasteiger partial charge in [0.25, 0.3) is 5.91 Å². The molecule has 0 aliphatic carbocycles. The second-order valence-corrected chi connectivity index (χ2v) is 6.77. The summed E-state index contributed by atoms with van der Waals surface area (Å²) in [4.78, 5) is 29.5. The molecule has 0 aliphatic heterocycles. The Labute approximate surface area is 148 Å². The Bertz CT molecular complexity index is 882. The average molecular weight is 358 g/mol. The largest absolute Gasteiger partial charge is 0.480 e. The highest BCUT2D eigenvalue weighted by Crippen LogP contribution is 2.31. The van der Waals surface area contributed by atoms with Gasteiger partial charge in [0.15, 0.2) is 16.5 Å². The number of aromatic nitrogens is 1. The SMILES string of the molecule is CCC(C)N(CC(=O)O)C(=O)c1ccc(-c2nc3ccccc3s2)o1. The van der Waals surface area contributed by atoms with E-state index in [9.17, 15) is 9.59 Å². The summed E-state index contributed by atoms with van der Waals surface area (Å²) < 4.78 is 6.72. The zero-order valence-electron chi connectivity index (χ0n) is 13.9. The highest BCUT2D eigenvalue weighted by molar-refractivity contribution is 7.21. The van der Waals surface area contributed by atoms with Crippen molar-refractivity contribution in [1.82, 2.24) is 9.88 Å². The molecule has 2 heterocycles. The zero-order valence-corrected chi connectivity index (χ0v) is 14.7. The van der Waals surface area contributed by atoms with Gasteiger partial charge in [-0.2, -0.15) is 0 Å². The molecule has 0 spiro atoms. The molecule has 1 unspecified atom stereocenters. The molecule has 0 saturated carbocycles. The second-order valence-electron chi connectivity index (χ2n) is 5.73. The van der Waals surface area contributed by atoms with E-state index >= 15 is 0 Å². The lowest BCUT2D eigenvalue weighted by atomic mass is 10.2. The molecule has 0 radical (unpaired) electrons. The first kappa shape index (κ1) is 17.2. The van der Waals surface area contributed by atoms with Gasteiger partial charge in [-0.3, -0.25) is 9.59 Å². The van der Waals surface area contributed by atoms with Crippen LogP contribution in [-0.4, -0.2) is 39.5 Å². The number of fused-ring (bicyclic) bond motifs is 1. The minimum Gasteiger partial charge on any atom is -0.480 e. The van der Waals surface area contributed by atoms with Crippen LogP contribution in [0.5, 0.6) is 0 Å². The number of hydrogen-bond donors (Lipinski definition) is 1. The summed E-state index contributed by atoms with van der Waals surface area (Å²) in [6.45, 7) is 3.37. The summed E-state index contributed by atoms with van der Waals surface area (Å²) in [6, 6.07) is 10.8. The molecule has 1 aromatic carbocycles. The van der Waals surface area contributed by atoms with E-state index in [1.54, 1.807) is 12.1 Å². The Morgan fingerprint density at radius 1 is 1.28 bits per heavy atom. The van der Waals surface area contributed by atoms with Gasteiger partial charge in [0, 0.05) is 6.04 Å². The maximum absolute atomic E-state index is 12.6. The molecule has 1 atom stereocenters. The molecule has 6 nitrogen and oxygen atoms in total. The van der Waals surface area contributed by atoms with Crippen LogP contribution in [0, 0.1) is 0 Å². The summed E-state index contributed by atoms with van der Waals surface area (Å²) in [5.41, 5.74) is 0.874. The maximum atomic E-state index is 12.6. The number of para-hydroxylation sites is 1. The number of amides is 1. The molecule has 3 aromatic rings. The Kier molecular flexibility index (Phi) is 4.85. The van der Waals surface area contributed by atoms with Gasteiger partial charge >= 0.3 is 5.97 Å². The Morgan fingerprint density at radius 3 is 2.72 bits per heavy atom. The fourth-order valence-electron chi connectivity index (χ4n) is 2.48. The Hall–Kier alpha value is -2.67. The van der Waals surface area contributed by atoms with Gasteiger partial charge in [-0.25, -0.2) is 4.98 Å². The van der Waals surface area contributed by atoms with E-state index in [-0.39, 0.29) is 18.3 Å². The normalized spacial score (nSPS) is 12.2. The minimum atomic E-state index is -1.05. The van der Waals surface area contributed by atoms with Crippen molar-refractivity contribution in [2.24, 2.45) is 0 Å². The number of nitrogens with zero attached hydrogens (tertiary/aromatic N) is 2. The van der Waals surface area contributed by atoms with Crippen molar-refractivity contribution >= 4 is 33.4 Å². The van der Waals surface area contributed by atoms with Gasteiger partial charge in [-0.1, -0.05) is 19.1 Å². The van der Waals surface area contributed by atoms with Crippen LogP contribution in [0.3, 0.4) is 0 Å². The van der Waals surface area contributed by atoms with Crippen LogP contribution in [-0.2, 0) is 4.79 Å². The number of rotatable bonds is 6. The molecule has 3 rings (SSSR count). The van der Waals surface area contributed by atoms with Gasteiger partial charge in [0.05, 0.1) is 10.2 Å². The highest BCUT2D eigenvalue weighted by atomic mass is 32.1. The molecule has 130 valence electrons. The lowest BCUT2D eigenvalue weighted by Crippen LogP contribution is -2.41. The first-order valence-corrected chi connectivity index (χ1v) is 8.79. The number of carbonyl (C=O) groups excluding carboxylic acids is 1. The minimum absolute atomic E-state index is 0.121. The third-order valence-electron chi connectivity index (χ3n) is 4.01. The predicted octanol–water partition coefficient (Wildman–Crippen LogP) is 3.88. The van der Waals surface area contributed by atoms with Crippen LogP contribution in [0.4, 0.5) is 0 Å². The molecule has 25 heavy (non-hydrogen) atoms. The topological polar surface area (TPSA) is 83.6 Å². The molecular formula is C18H18N2O4S. The third-order valence-corrected chi connectivity index (χ3v) is 5.06. The van der Waals surface area contributed by atoms with Crippen LogP contribution in [0.1, 0.15) is 30.8 Å². The first-order chi connectivity index (χ1) is 12.0. The number of thiazole rings is 1. The van der Waals surface area contributed by atoms with E-state index in [2.05, 4.69) is 4.98 Å². The lowest BCUT2D eigenvalue weighted by molar-refractivity contribution is -0.138. The lowest BCUT2D eigenvalue weighted by Gasteiger charge is -2.25. The highest BCUT2D eigenvalue weighted by Gasteiger charge is 2.25. The number of carbonyl (C=O) groups is 2. The van der Waals surface area contributed by atoms with Crippen LogP contribution >= 0.6 is 11.3 Å². The Morgan fingerprint density at radius 2 is 2.04 bits per heavy atom. The van der Waals surface area contributed by atoms with E-state index in [1.165, 1.54) is 16.2 Å². The number of furan rings is 1. The summed E-state index contributed by atoms with van der Waals surface area (Å²) in [5.74, 6) is -0.851. The molecule has 0 bridgehead atoms. The number of carboxylic acid groups (broad SMARTS) is 1. The molecule has 1 amide bonds. The molecule has 7 heteroatoms. The van der Waals surface area contributed by atoms with Crippen LogP contribution in [0.2, 0.25) is 0 Å². The number of benzene rings is 1. The predicted molar refractivity (Wildman–Crippen MR) is 95.7 cm³/mol. The average Bonchev–Trinajstić information content (AvgIpc) is 3.24. The van der Waals surface area contributed by atoms with Crippen LogP contribution in [0.25, 0.3) is 21.0 Å². The van der Waals surface area contributed by atoms with Crippen molar-refractivity contribution in [3.63, 3.8) is 0 Å². The first-order valence-electron chi connectivity index (χ1n) is 7.98. The molecule has 0 fully saturated rings. The monoisotopic (exact) mass is 358 g/mol. The quantitative estimate of drug-likeness (QED) is 0.723. The molecule has 0 saturated heterocycles. The van der Waals surface area contributed by atoms with Crippen molar-refractivity contribution < 1.29 is 19.1 Å². The Balaban J connectivity index is 1.88. The number of carboxylic acids is 1. The smallest absolute Gasteiger partial charge is 0.323 e. The summed E-state index contributed by atoms with van der Waals surface area (Å²) in [5, 5.41) is 9.74. The van der Waals surface area contributed by atoms with E-state index in [1.807, 2.05) is 38.1 Å². The zero-order chi connectivity index (χ0) is 18.0. The van der Waals surface area contributed by atoms with Crippen molar-refractivity contribution in [2.75, 3.05) is 6.54 Å². The van der Waals surface area contributed by atoms with Gasteiger partial charge in [-0.05, 0) is 37.6 Å². The van der Waals surface area contributed by atoms with Gasteiger partial charge in [0.2, 0.25) is 0 Å². The second kappa shape index (κ2) is 7.06. The van der Waals surface area contributed by atoms with Crippen molar-refractivity contribution in [1.29, 1.82) is 0 Å². The maximum Gasteiger partial charge on any atom is 0.323 e. The van der Waals surface area contributed by atoms with E-state index in [0.717, 1.165) is 10.2 Å². The number of aliphatic carboxylic acids is 1. The van der Waals surface area contributed by atoms with Crippen molar-refractivity contribution in [3.8, 4) is 10.8 Å². The van der Waals surface area contributed by atoms with Crippen LogP contribution in [0.15, 0.2) is 40.8 Å². The fourth-order valence-corrected chi connectivity index (χ4v) is 3.41. The standard InChI is InChI=1S/C18H18N2O4S/c1-3-11(2)20(10-16(21)22)18(23)14-9-8-13(24-14)17-19-12-6-4-5-7-15(12)25-17/h4-9,11H,3,10H2,1-2H3,(H,21,22). The van der Waals surface area contributed by atoms with E-state index in [0.29, 0.717) is 17.2 Å². The summed E-state index contributed by atoms with van der Waals surface area (Å²) in [6.07, 6.45) is 0.657. The molecular weight excluding hydrogens is 340 g/mol. The third kappa shape index (κ3) is 3.56. The summed E-state index contributed by atoms with van der Waals surface area (Å²) in [7, 11) is 0. The van der Waals surface area contributed by atoms with Crippen molar-refractivity contribution in [2.45, 2.75) is 26.3 Å². The molecule has 1 N–H and O–H groups in total. The van der Waals surface area contributed by atoms with Gasteiger partial charge < -0.3 is 14.4 Å².